The summed E-state index contributed by atoms with van der Waals surface area (Å²) in [6.07, 6.45) is -2.51. The van der Waals surface area contributed by atoms with Crippen LogP contribution in [-0.2, 0) is 0 Å². The molecule has 2 unspecified atom stereocenters. The smallest absolute Gasteiger partial charge is 0.425 e. The van der Waals surface area contributed by atoms with E-state index in [1.54, 1.807) is 19.4 Å². The Hall–Kier alpha value is -3.24. The fraction of sp³-hybridized carbons (Fsp3) is 0.560. The van der Waals surface area contributed by atoms with Crippen molar-refractivity contribution in [3.05, 3.63) is 36.0 Å². The molecule has 2 bridgehead atoms. The number of ether oxygens (including phenoxy) is 2. The van der Waals surface area contributed by atoms with Gasteiger partial charge in [-0.25, -0.2) is 4.98 Å². The normalized spacial score (nSPS) is 22.8. The molecule has 1 aliphatic carbocycles. The van der Waals surface area contributed by atoms with E-state index in [0.717, 1.165) is 44.1 Å². The summed E-state index contributed by atoms with van der Waals surface area (Å²) in [6.45, 7) is 6.77. The van der Waals surface area contributed by atoms with Crippen LogP contribution in [0.25, 0.3) is 5.65 Å². The first-order chi connectivity index (χ1) is 17.1. The van der Waals surface area contributed by atoms with E-state index in [0.29, 0.717) is 29.3 Å². The zero-order chi connectivity index (χ0) is 25.6. The summed E-state index contributed by atoms with van der Waals surface area (Å²) >= 11 is 0. The highest BCUT2D eigenvalue weighted by molar-refractivity contribution is 5.55. The molecule has 0 spiro atoms. The fourth-order valence-electron chi connectivity index (χ4n) is 5.33. The summed E-state index contributed by atoms with van der Waals surface area (Å²) in [4.78, 5) is 11.3. The van der Waals surface area contributed by atoms with Gasteiger partial charge in [-0.05, 0) is 55.2 Å². The van der Waals surface area contributed by atoms with E-state index in [9.17, 15) is 13.2 Å². The van der Waals surface area contributed by atoms with Crippen molar-refractivity contribution in [2.75, 3.05) is 30.4 Å². The largest absolute Gasteiger partial charge is 0.481 e. The zero-order valence-electron chi connectivity index (χ0n) is 20.8. The van der Waals surface area contributed by atoms with Crippen LogP contribution in [0.1, 0.15) is 45.1 Å². The minimum atomic E-state index is -4.48. The standard InChI is InChI=1S/C25H31F3N6O2/c1-14(2)19-7-8-21(36-15(3)25(26,27)28)34-23(19)31-24(32-34)30-22-16-5-6-17(22)13-33(12-16)18-9-10-29-20(11-18)35-4/h7-11,14-17,22H,5-6,12-13H2,1-4H3,(H,30,32)/t15-,16?,17?,22?/m0/s1. The topological polar surface area (TPSA) is 76.8 Å². The highest BCUT2D eigenvalue weighted by atomic mass is 19.4. The van der Waals surface area contributed by atoms with Crippen LogP contribution in [0.4, 0.5) is 24.8 Å². The minimum absolute atomic E-state index is 0.0178. The van der Waals surface area contributed by atoms with Gasteiger partial charge in [0.05, 0.1) is 7.11 Å². The Bertz CT molecular complexity index is 1220. The van der Waals surface area contributed by atoms with Crippen molar-refractivity contribution in [2.24, 2.45) is 11.8 Å². The van der Waals surface area contributed by atoms with Crippen molar-refractivity contribution in [1.82, 2.24) is 19.6 Å². The molecular formula is C25H31F3N6O2. The van der Waals surface area contributed by atoms with E-state index in [4.69, 9.17) is 14.5 Å². The Morgan fingerprint density at radius 1 is 1.08 bits per heavy atom. The summed E-state index contributed by atoms with van der Waals surface area (Å²) in [5, 5.41) is 8.06. The maximum atomic E-state index is 13.1. The fourth-order valence-corrected chi connectivity index (χ4v) is 5.33. The molecule has 1 aliphatic heterocycles. The van der Waals surface area contributed by atoms with Gasteiger partial charge in [0.2, 0.25) is 17.7 Å². The number of nitrogens with zero attached hydrogens (tertiary/aromatic N) is 5. The highest BCUT2D eigenvalue weighted by Crippen LogP contribution is 2.40. The number of anilines is 2. The maximum absolute atomic E-state index is 13.1. The number of halogens is 3. The average molecular weight is 505 g/mol. The third kappa shape index (κ3) is 4.62. The molecule has 3 aromatic heterocycles. The van der Waals surface area contributed by atoms with E-state index in [1.807, 2.05) is 26.0 Å². The number of fused-ring (bicyclic) bond motifs is 3. The molecule has 0 aromatic carbocycles. The molecule has 36 heavy (non-hydrogen) atoms. The van der Waals surface area contributed by atoms with Crippen LogP contribution >= 0.6 is 0 Å². The Balaban J connectivity index is 1.39. The summed E-state index contributed by atoms with van der Waals surface area (Å²) in [5.41, 5.74) is 2.49. The average Bonchev–Trinajstić information content (AvgIpc) is 3.35. The molecule has 1 N–H and O–H groups in total. The summed E-state index contributed by atoms with van der Waals surface area (Å²) in [5.74, 6) is 1.92. The lowest BCUT2D eigenvalue weighted by atomic mass is 9.92. The van der Waals surface area contributed by atoms with Crippen LogP contribution in [0.2, 0.25) is 0 Å². The Labute approximate surface area is 207 Å². The van der Waals surface area contributed by atoms with Gasteiger partial charge in [-0.15, -0.1) is 5.10 Å². The number of piperidine rings is 1. The third-order valence-corrected chi connectivity index (χ3v) is 7.28. The van der Waals surface area contributed by atoms with Crippen LogP contribution in [0.3, 0.4) is 0 Å². The van der Waals surface area contributed by atoms with Gasteiger partial charge >= 0.3 is 6.18 Å². The zero-order valence-corrected chi connectivity index (χ0v) is 20.8. The molecule has 1 saturated carbocycles. The molecule has 3 atom stereocenters. The molecule has 2 aliphatic rings. The molecular weight excluding hydrogens is 473 g/mol. The number of hydrogen-bond acceptors (Lipinski definition) is 7. The lowest BCUT2D eigenvalue weighted by Gasteiger charge is -2.39. The predicted octanol–water partition coefficient (Wildman–Crippen LogP) is 4.91. The SMILES string of the molecule is COc1cc(N2CC3CCC(C2)C3Nc2nc3c(C(C)C)ccc(O[C@@H](C)C(F)(F)F)n3n2)ccn1. The van der Waals surface area contributed by atoms with E-state index in [-0.39, 0.29) is 17.8 Å². The number of alkyl halides is 3. The summed E-state index contributed by atoms with van der Waals surface area (Å²) in [7, 11) is 1.61. The minimum Gasteiger partial charge on any atom is -0.481 e. The van der Waals surface area contributed by atoms with Gasteiger partial charge in [0, 0.05) is 43.1 Å². The lowest BCUT2D eigenvalue weighted by Crippen LogP contribution is -2.48. The van der Waals surface area contributed by atoms with Crippen molar-refractivity contribution in [3.8, 4) is 11.8 Å². The Kier molecular flexibility index (Phi) is 6.34. The lowest BCUT2D eigenvalue weighted by molar-refractivity contribution is -0.190. The monoisotopic (exact) mass is 504 g/mol. The maximum Gasteiger partial charge on any atom is 0.425 e. The molecule has 8 nitrogen and oxygen atoms in total. The van der Waals surface area contributed by atoms with Gasteiger partial charge < -0.3 is 19.7 Å². The molecule has 4 heterocycles. The van der Waals surface area contributed by atoms with Crippen molar-refractivity contribution < 1.29 is 22.6 Å². The van der Waals surface area contributed by atoms with Gasteiger partial charge in [0.15, 0.2) is 11.8 Å². The quantitative estimate of drug-likeness (QED) is 0.490. The van der Waals surface area contributed by atoms with Gasteiger partial charge in [0.1, 0.15) is 0 Å². The van der Waals surface area contributed by atoms with Crippen LogP contribution in [0.5, 0.6) is 11.8 Å². The molecule has 1 saturated heterocycles. The second-order valence-corrected chi connectivity index (χ2v) is 9.98. The molecule has 0 amide bonds. The molecule has 2 fully saturated rings. The van der Waals surface area contributed by atoms with Crippen LogP contribution < -0.4 is 19.7 Å². The number of methoxy groups -OCH3 is 1. The summed E-state index contributed by atoms with van der Waals surface area (Å²) < 4.78 is 51.4. The van der Waals surface area contributed by atoms with Crippen molar-refractivity contribution >= 4 is 17.3 Å². The van der Waals surface area contributed by atoms with Crippen LogP contribution in [0, 0.1) is 11.8 Å². The van der Waals surface area contributed by atoms with Crippen LogP contribution in [-0.4, -0.2) is 58.1 Å². The predicted molar refractivity (Wildman–Crippen MR) is 130 cm³/mol. The van der Waals surface area contributed by atoms with E-state index in [1.165, 1.54) is 10.6 Å². The van der Waals surface area contributed by atoms with E-state index in [2.05, 4.69) is 20.3 Å². The first-order valence-corrected chi connectivity index (χ1v) is 12.3. The van der Waals surface area contributed by atoms with Crippen molar-refractivity contribution in [2.45, 2.75) is 57.9 Å². The van der Waals surface area contributed by atoms with E-state index < -0.39 is 12.3 Å². The number of pyridine rings is 2. The molecule has 0 radical (unpaired) electrons. The number of rotatable bonds is 7. The summed E-state index contributed by atoms with van der Waals surface area (Å²) in [6, 6.07) is 7.43. The number of hydrogen-bond donors (Lipinski definition) is 1. The Morgan fingerprint density at radius 2 is 1.81 bits per heavy atom. The van der Waals surface area contributed by atoms with Gasteiger partial charge in [-0.3, -0.25) is 0 Å². The van der Waals surface area contributed by atoms with Gasteiger partial charge in [-0.1, -0.05) is 13.8 Å². The Morgan fingerprint density at radius 3 is 2.44 bits per heavy atom. The van der Waals surface area contributed by atoms with E-state index >= 15 is 0 Å². The van der Waals surface area contributed by atoms with Crippen molar-refractivity contribution in [3.63, 3.8) is 0 Å². The first kappa shape index (κ1) is 24.5. The van der Waals surface area contributed by atoms with Crippen LogP contribution in [0.15, 0.2) is 30.5 Å². The second kappa shape index (κ2) is 9.33. The molecule has 5 rings (SSSR count). The molecule has 194 valence electrons. The highest BCUT2D eigenvalue weighted by Gasteiger charge is 2.43. The number of nitrogens with one attached hydrogen (secondary N) is 1. The van der Waals surface area contributed by atoms with Gasteiger partial charge in [-0.2, -0.15) is 22.7 Å². The number of aromatic nitrogens is 4. The van der Waals surface area contributed by atoms with Gasteiger partial charge in [0.25, 0.3) is 0 Å². The molecule has 3 aromatic rings. The first-order valence-electron chi connectivity index (χ1n) is 12.3. The second-order valence-electron chi connectivity index (χ2n) is 9.98. The van der Waals surface area contributed by atoms with Crippen molar-refractivity contribution in [1.29, 1.82) is 0 Å². The third-order valence-electron chi connectivity index (χ3n) is 7.28. The molecule has 11 heteroatoms.